The molecule has 1 unspecified atom stereocenters. The van der Waals surface area contributed by atoms with Crippen molar-refractivity contribution in [1.29, 1.82) is 0 Å². The number of nitrogens with zero attached hydrogens (tertiary/aromatic N) is 3. The maximum atomic E-state index is 12.7. The number of hydrogen-bond donors (Lipinski definition) is 0. The lowest BCUT2D eigenvalue weighted by Gasteiger charge is -2.31. The van der Waals surface area contributed by atoms with Gasteiger partial charge in [0, 0.05) is 36.7 Å². The van der Waals surface area contributed by atoms with Crippen LogP contribution in [0.15, 0.2) is 66.9 Å². The first-order chi connectivity index (χ1) is 13.5. The van der Waals surface area contributed by atoms with Crippen molar-refractivity contribution in [3.63, 3.8) is 0 Å². The second-order valence-corrected chi connectivity index (χ2v) is 7.44. The largest absolute Gasteiger partial charge is 0.355 e. The van der Waals surface area contributed by atoms with Gasteiger partial charge in [-0.1, -0.05) is 48.5 Å². The standard InChI is InChI=1S/C24H25N3O/c1-17-22(10-7-13-25-17)20-11-12-21-15-26(3)24(28)16-27(23(21)14-20)18(2)19-8-5-4-6-9-19/h4-14,18H,15-16H2,1-3H3. The van der Waals surface area contributed by atoms with Gasteiger partial charge in [0.15, 0.2) is 0 Å². The van der Waals surface area contributed by atoms with E-state index >= 15 is 0 Å². The molecule has 0 saturated heterocycles. The molecule has 3 aromatic rings. The van der Waals surface area contributed by atoms with Gasteiger partial charge in [-0.2, -0.15) is 0 Å². The summed E-state index contributed by atoms with van der Waals surface area (Å²) in [5.41, 5.74) is 6.75. The van der Waals surface area contributed by atoms with E-state index in [-0.39, 0.29) is 11.9 Å². The Kier molecular flexibility index (Phi) is 4.86. The number of amides is 1. The van der Waals surface area contributed by atoms with Crippen LogP contribution in [-0.4, -0.2) is 29.4 Å². The van der Waals surface area contributed by atoms with Gasteiger partial charge in [-0.25, -0.2) is 0 Å². The molecule has 2 aromatic carbocycles. The smallest absolute Gasteiger partial charge is 0.242 e. The predicted molar refractivity (Wildman–Crippen MR) is 113 cm³/mol. The maximum absolute atomic E-state index is 12.7. The van der Waals surface area contributed by atoms with Crippen molar-refractivity contribution in [2.24, 2.45) is 0 Å². The Labute approximate surface area is 166 Å². The van der Waals surface area contributed by atoms with Crippen LogP contribution in [0.1, 0.15) is 29.8 Å². The molecule has 4 heteroatoms. The molecule has 0 spiro atoms. The number of hydrogen-bond acceptors (Lipinski definition) is 3. The molecule has 0 fully saturated rings. The van der Waals surface area contributed by atoms with Gasteiger partial charge in [0.2, 0.25) is 5.91 Å². The first-order valence-electron chi connectivity index (χ1n) is 9.65. The molecule has 4 nitrogen and oxygen atoms in total. The van der Waals surface area contributed by atoms with Crippen molar-refractivity contribution < 1.29 is 4.79 Å². The van der Waals surface area contributed by atoms with Gasteiger partial charge in [0.25, 0.3) is 0 Å². The molecule has 0 radical (unpaired) electrons. The third-order valence-corrected chi connectivity index (χ3v) is 5.60. The molecule has 1 aliphatic heterocycles. The monoisotopic (exact) mass is 371 g/mol. The van der Waals surface area contributed by atoms with Gasteiger partial charge < -0.3 is 9.80 Å². The summed E-state index contributed by atoms with van der Waals surface area (Å²) in [6, 6.07) is 21.0. The fraction of sp³-hybridized carbons (Fsp3) is 0.250. The molecule has 1 aromatic heterocycles. The van der Waals surface area contributed by atoms with E-state index in [1.165, 1.54) is 11.1 Å². The van der Waals surface area contributed by atoms with Gasteiger partial charge in [0.05, 0.1) is 12.6 Å². The molecule has 0 saturated carbocycles. The normalized spacial score (nSPS) is 15.2. The average Bonchev–Trinajstić information content (AvgIpc) is 2.84. The fourth-order valence-corrected chi connectivity index (χ4v) is 3.87. The summed E-state index contributed by atoms with van der Waals surface area (Å²) in [5.74, 6) is 0.137. The highest BCUT2D eigenvalue weighted by Crippen LogP contribution is 2.36. The van der Waals surface area contributed by atoms with Crippen LogP contribution in [0.3, 0.4) is 0 Å². The van der Waals surface area contributed by atoms with Crippen molar-refractivity contribution in [3.05, 3.63) is 83.7 Å². The minimum atomic E-state index is 0.0978. The lowest BCUT2D eigenvalue weighted by Crippen LogP contribution is -2.36. The maximum Gasteiger partial charge on any atom is 0.242 e. The SMILES string of the molecule is Cc1ncccc1-c1ccc2c(c1)N(C(C)c1ccccc1)CC(=O)N(C)C2. The molecule has 0 bridgehead atoms. The van der Waals surface area contributed by atoms with Crippen LogP contribution in [0.5, 0.6) is 0 Å². The second-order valence-electron chi connectivity index (χ2n) is 7.44. The Bertz CT molecular complexity index is 1000. The predicted octanol–water partition coefficient (Wildman–Crippen LogP) is 4.60. The zero-order valence-corrected chi connectivity index (χ0v) is 16.6. The minimum absolute atomic E-state index is 0.0978. The van der Waals surface area contributed by atoms with Crippen molar-refractivity contribution >= 4 is 11.6 Å². The first kappa shape index (κ1) is 18.2. The topological polar surface area (TPSA) is 36.4 Å². The molecule has 1 aliphatic rings. The molecular formula is C24H25N3O. The lowest BCUT2D eigenvalue weighted by atomic mass is 9.99. The van der Waals surface area contributed by atoms with E-state index in [0.29, 0.717) is 13.1 Å². The van der Waals surface area contributed by atoms with Crippen LogP contribution >= 0.6 is 0 Å². The molecular weight excluding hydrogens is 346 g/mol. The lowest BCUT2D eigenvalue weighted by molar-refractivity contribution is -0.128. The number of aromatic nitrogens is 1. The van der Waals surface area contributed by atoms with Crippen molar-refractivity contribution in [1.82, 2.24) is 9.88 Å². The highest BCUT2D eigenvalue weighted by atomic mass is 16.2. The zero-order chi connectivity index (χ0) is 19.7. The van der Waals surface area contributed by atoms with Gasteiger partial charge in [-0.15, -0.1) is 0 Å². The number of rotatable bonds is 3. The van der Waals surface area contributed by atoms with Gasteiger partial charge in [0.1, 0.15) is 0 Å². The summed E-state index contributed by atoms with van der Waals surface area (Å²) in [6.45, 7) is 5.19. The highest BCUT2D eigenvalue weighted by Gasteiger charge is 2.27. The van der Waals surface area contributed by atoms with Crippen LogP contribution in [0, 0.1) is 6.92 Å². The van der Waals surface area contributed by atoms with Crippen LogP contribution in [-0.2, 0) is 11.3 Å². The van der Waals surface area contributed by atoms with Crippen LogP contribution in [0.4, 0.5) is 5.69 Å². The highest BCUT2D eigenvalue weighted by molar-refractivity contribution is 5.84. The summed E-state index contributed by atoms with van der Waals surface area (Å²) in [5, 5.41) is 0. The second kappa shape index (κ2) is 7.47. The van der Waals surface area contributed by atoms with E-state index < -0.39 is 0 Å². The molecule has 142 valence electrons. The number of carbonyl (C=O) groups is 1. The molecule has 4 rings (SSSR count). The first-order valence-corrected chi connectivity index (χ1v) is 9.65. The molecule has 1 amide bonds. The number of anilines is 1. The van der Waals surface area contributed by atoms with Crippen molar-refractivity contribution in [2.45, 2.75) is 26.4 Å². The van der Waals surface area contributed by atoms with Gasteiger partial charge in [-0.3, -0.25) is 9.78 Å². The Morgan fingerprint density at radius 1 is 1.00 bits per heavy atom. The number of carbonyl (C=O) groups excluding carboxylic acids is 1. The number of likely N-dealkylation sites (N-methyl/N-ethyl adjacent to an activating group) is 1. The van der Waals surface area contributed by atoms with Crippen LogP contribution in [0.2, 0.25) is 0 Å². The van der Waals surface area contributed by atoms with E-state index in [2.05, 4.69) is 53.2 Å². The number of pyridine rings is 1. The summed E-state index contributed by atoms with van der Waals surface area (Å²) in [7, 11) is 1.88. The summed E-state index contributed by atoms with van der Waals surface area (Å²) in [4.78, 5) is 21.2. The average molecular weight is 371 g/mol. The van der Waals surface area contributed by atoms with E-state index in [1.807, 2.05) is 49.3 Å². The molecule has 0 N–H and O–H groups in total. The Morgan fingerprint density at radius 2 is 1.79 bits per heavy atom. The minimum Gasteiger partial charge on any atom is -0.355 e. The Hall–Kier alpha value is -3.14. The third kappa shape index (κ3) is 3.38. The molecule has 1 atom stereocenters. The molecule has 0 aliphatic carbocycles. The summed E-state index contributed by atoms with van der Waals surface area (Å²) < 4.78 is 0. The van der Waals surface area contributed by atoms with Crippen molar-refractivity contribution in [2.75, 3.05) is 18.5 Å². The zero-order valence-electron chi connectivity index (χ0n) is 16.6. The van der Waals surface area contributed by atoms with Crippen LogP contribution in [0.25, 0.3) is 11.1 Å². The van der Waals surface area contributed by atoms with Crippen LogP contribution < -0.4 is 4.90 Å². The van der Waals surface area contributed by atoms with E-state index in [4.69, 9.17) is 0 Å². The summed E-state index contributed by atoms with van der Waals surface area (Å²) >= 11 is 0. The Balaban J connectivity index is 1.83. The van der Waals surface area contributed by atoms with Gasteiger partial charge >= 0.3 is 0 Å². The van der Waals surface area contributed by atoms with E-state index in [9.17, 15) is 4.79 Å². The number of aryl methyl sites for hydroxylation is 1. The number of fused-ring (bicyclic) bond motifs is 1. The quantitative estimate of drug-likeness (QED) is 0.675. The van der Waals surface area contributed by atoms with E-state index in [0.717, 1.165) is 22.5 Å². The summed E-state index contributed by atoms with van der Waals surface area (Å²) in [6.07, 6.45) is 1.82. The molecule has 2 heterocycles. The number of benzene rings is 2. The van der Waals surface area contributed by atoms with Gasteiger partial charge in [-0.05, 0) is 42.7 Å². The third-order valence-electron chi connectivity index (χ3n) is 5.60. The van der Waals surface area contributed by atoms with E-state index in [1.54, 1.807) is 0 Å². The van der Waals surface area contributed by atoms with Crippen molar-refractivity contribution in [3.8, 4) is 11.1 Å². The fourth-order valence-electron chi connectivity index (χ4n) is 3.87. The Morgan fingerprint density at radius 3 is 2.54 bits per heavy atom. The molecule has 28 heavy (non-hydrogen) atoms.